The van der Waals surface area contributed by atoms with Crippen molar-refractivity contribution >= 4 is 11.6 Å². The minimum absolute atomic E-state index is 0.0413. The van der Waals surface area contributed by atoms with Crippen LogP contribution in [0, 0.1) is 12.8 Å². The highest BCUT2D eigenvalue weighted by molar-refractivity contribution is 6.03. The van der Waals surface area contributed by atoms with Crippen LogP contribution in [0.15, 0.2) is 79.0 Å². The van der Waals surface area contributed by atoms with E-state index in [1.807, 2.05) is 73.8 Å². The first-order valence-electron chi connectivity index (χ1n) is 12.0. The highest BCUT2D eigenvalue weighted by Crippen LogP contribution is 2.30. The fraction of sp³-hybridized carbons (Fsp3) is 0.250. The summed E-state index contributed by atoms with van der Waals surface area (Å²) in [7, 11) is 0. The number of amides is 1. The van der Waals surface area contributed by atoms with E-state index in [-0.39, 0.29) is 11.9 Å². The molecule has 2 heterocycles. The van der Waals surface area contributed by atoms with Gasteiger partial charge in [-0.15, -0.1) is 0 Å². The van der Waals surface area contributed by atoms with Gasteiger partial charge in [0.25, 0.3) is 5.91 Å². The summed E-state index contributed by atoms with van der Waals surface area (Å²) in [5.74, 6) is 0.520. The smallest absolute Gasteiger partial charge is 0.274 e. The summed E-state index contributed by atoms with van der Waals surface area (Å²) in [5, 5.41) is 11.3. The lowest BCUT2D eigenvalue weighted by atomic mass is 10.0. The van der Waals surface area contributed by atoms with Crippen molar-refractivity contribution in [3.05, 3.63) is 107 Å². The summed E-state index contributed by atoms with van der Waals surface area (Å²) in [6, 6.07) is 23.4. The Morgan fingerprint density at radius 3 is 2.71 bits per heavy atom. The maximum Gasteiger partial charge on any atom is 0.274 e. The van der Waals surface area contributed by atoms with E-state index < -0.39 is 0 Å². The summed E-state index contributed by atoms with van der Waals surface area (Å²) in [6.45, 7) is 3.26. The van der Waals surface area contributed by atoms with Gasteiger partial charge in [0.05, 0.1) is 23.1 Å². The summed E-state index contributed by atoms with van der Waals surface area (Å²) in [4.78, 5) is 17.9. The minimum Gasteiger partial charge on any atom is -0.326 e. The number of aromatic nitrogens is 3. The topological polar surface area (TPSA) is 97.9 Å². The molecule has 0 aliphatic heterocycles. The van der Waals surface area contributed by atoms with E-state index in [0.717, 1.165) is 46.4 Å². The molecule has 0 saturated heterocycles. The molecule has 1 saturated carbocycles. The maximum atomic E-state index is 13.3. The maximum absolute atomic E-state index is 13.3. The zero-order chi connectivity index (χ0) is 24.2. The molecule has 0 radical (unpaired) electrons. The van der Waals surface area contributed by atoms with Crippen LogP contribution in [-0.4, -0.2) is 27.2 Å². The van der Waals surface area contributed by atoms with Gasteiger partial charge in [-0.25, -0.2) is 4.68 Å². The molecular formula is C28H30N6O. The Morgan fingerprint density at radius 1 is 1.09 bits per heavy atom. The summed E-state index contributed by atoms with van der Waals surface area (Å²) < 4.78 is 1.67. The van der Waals surface area contributed by atoms with Crippen LogP contribution in [0.2, 0.25) is 0 Å². The molecule has 35 heavy (non-hydrogen) atoms. The highest BCUT2D eigenvalue weighted by Gasteiger charge is 2.24. The number of aryl methyl sites for hydroxylation is 1. The normalized spacial score (nSPS) is 14.0. The molecule has 1 atom stereocenters. The number of rotatable bonds is 9. The molecule has 2 aromatic heterocycles. The van der Waals surface area contributed by atoms with Crippen molar-refractivity contribution in [3.63, 3.8) is 0 Å². The second-order valence-corrected chi connectivity index (χ2v) is 9.08. The molecule has 1 fully saturated rings. The second kappa shape index (κ2) is 10.2. The number of carbonyl (C=O) groups excluding carboxylic acids is 1. The Morgan fingerprint density at radius 2 is 1.94 bits per heavy atom. The van der Waals surface area contributed by atoms with Crippen molar-refractivity contribution in [2.24, 2.45) is 11.7 Å². The molecule has 5 rings (SSSR count). The number of pyridine rings is 1. The average molecular weight is 467 g/mol. The average Bonchev–Trinajstić information content (AvgIpc) is 3.63. The lowest BCUT2D eigenvalue weighted by molar-refractivity contribution is 0.101. The van der Waals surface area contributed by atoms with Gasteiger partial charge in [-0.2, -0.15) is 5.10 Å². The molecule has 1 amide bonds. The molecule has 1 aliphatic rings. The lowest BCUT2D eigenvalue weighted by Crippen LogP contribution is -2.25. The van der Waals surface area contributed by atoms with E-state index in [1.165, 1.54) is 12.8 Å². The fourth-order valence-corrected chi connectivity index (χ4v) is 4.21. The van der Waals surface area contributed by atoms with E-state index in [9.17, 15) is 4.79 Å². The van der Waals surface area contributed by atoms with Crippen LogP contribution in [0.5, 0.6) is 0 Å². The molecule has 4 aromatic rings. The van der Waals surface area contributed by atoms with E-state index in [0.29, 0.717) is 12.2 Å². The Hall–Kier alpha value is -3.81. The number of hydrogen-bond donors (Lipinski definition) is 3. The minimum atomic E-state index is -0.221. The molecule has 7 heteroatoms. The number of benzene rings is 2. The number of nitrogens with zero attached hydrogens (tertiary/aromatic N) is 3. The van der Waals surface area contributed by atoms with Gasteiger partial charge in [0.1, 0.15) is 5.69 Å². The van der Waals surface area contributed by atoms with Crippen LogP contribution >= 0.6 is 0 Å². The Bertz CT molecular complexity index is 1310. The van der Waals surface area contributed by atoms with Gasteiger partial charge in [-0.1, -0.05) is 30.3 Å². The predicted octanol–water partition coefficient (Wildman–Crippen LogP) is 4.38. The van der Waals surface area contributed by atoms with Crippen molar-refractivity contribution < 1.29 is 4.79 Å². The van der Waals surface area contributed by atoms with E-state index in [4.69, 9.17) is 5.73 Å². The Balaban J connectivity index is 1.40. The molecule has 178 valence electrons. The Labute approximate surface area is 205 Å². The zero-order valence-electron chi connectivity index (χ0n) is 19.8. The van der Waals surface area contributed by atoms with Gasteiger partial charge in [-0.3, -0.25) is 9.78 Å². The van der Waals surface area contributed by atoms with Crippen LogP contribution in [-0.2, 0) is 6.54 Å². The zero-order valence-corrected chi connectivity index (χ0v) is 19.8. The van der Waals surface area contributed by atoms with E-state index >= 15 is 0 Å². The largest absolute Gasteiger partial charge is 0.326 e. The standard InChI is InChI=1S/C28H30N6O/c1-19-14-26(34(33-19)24-9-4-6-21(15-24)17-29)28(35)32-23-8-5-7-22(16-23)27(31-18-20-11-12-20)25-10-2-3-13-30-25/h2-10,13-16,20,27,31H,11-12,17-18,29H2,1H3,(H,32,35). The second-order valence-electron chi connectivity index (χ2n) is 9.08. The van der Waals surface area contributed by atoms with Crippen molar-refractivity contribution in [3.8, 4) is 5.69 Å². The van der Waals surface area contributed by atoms with Crippen LogP contribution in [0.1, 0.15) is 51.9 Å². The lowest BCUT2D eigenvalue weighted by Gasteiger charge is -2.20. The number of carbonyl (C=O) groups is 1. The summed E-state index contributed by atoms with van der Waals surface area (Å²) in [6.07, 6.45) is 4.37. The van der Waals surface area contributed by atoms with Crippen LogP contribution in [0.4, 0.5) is 5.69 Å². The number of hydrogen-bond acceptors (Lipinski definition) is 5. The molecular weight excluding hydrogens is 436 g/mol. The SMILES string of the molecule is Cc1cc(C(=O)Nc2cccc(C(NCC3CC3)c3ccccn3)c2)n(-c2cccc(CN)c2)n1. The third-order valence-electron chi connectivity index (χ3n) is 6.22. The van der Waals surface area contributed by atoms with Crippen molar-refractivity contribution in [2.45, 2.75) is 32.4 Å². The summed E-state index contributed by atoms with van der Waals surface area (Å²) in [5.41, 5.74) is 11.6. The predicted molar refractivity (Wildman–Crippen MR) is 137 cm³/mol. The Kier molecular flexibility index (Phi) is 6.70. The number of nitrogens with two attached hydrogens (primary N) is 1. The van der Waals surface area contributed by atoms with Crippen LogP contribution < -0.4 is 16.4 Å². The molecule has 1 unspecified atom stereocenters. The van der Waals surface area contributed by atoms with Crippen LogP contribution in [0.3, 0.4) is 0 Å². The molecule has 1 aliphatic carbocycles. The van der Waals surface area contributed by atoms with E-state index in [2.05, 4.69) is 26.8 Å². The first-order chi connectivity index (χ1) is 17.1. The summed E-state index contributed by atoms with van der Waals surface area (Å²) >= 11 is 0. The first-order valence-corrected chi connectivity index (χ1v) is 12.0. The quantitative estimate of drug-likeness (QED) is 0.340. The first kappa shape index (κ1) is 23.0. The van der Waals surface area contributed by atoms with E-state index in [1.54, 1.807) is 10.7 Å². The van der Waals surface area contributed by atoms with Gasteiger partial charge in [-0.05, 0) is 85.8 Å². The third-order valence-corrected chi connectivity index (χ3v) is 6.22. The van der Waals surface area contributed by atoms with Gasteiger partial charge < -0.3 is 16.4 Å². The molecule has 2 aromatic carbocycles. The van der Waals surface area contributed by atoms with Gasteiger partial charge in [0, 0.05) is 18.4 Å². The molecule has 0 spiro atoms. The van der Waals surface area contributed by atoms with Gasteiger partial charge >= 0.3 is 0 Å². The van der Waals surface area contributed by atoms with Gasteiger partial charge in [0.15, 0.2) is 0 Å². The monoisotopic (exact) mass is 466 g/mol. The van der Waals surface area contributed by atoms with Crippen molar-refractivity contribution in [1.82, 2.24) is 20.1 Å². The van der Waals surface area contributed by atoms with Gasteiger partial charge in [0.2, 0.25) is 0 Å². The highest BCUT2D eigenvalue weighted by atomic mass is 16.2. The third kappa shape index (κ3) is 5.48. The number of nitrogens with one attached hydrogen (secondary N) is 2. The van der Waals surface area contributed by atoms with Crippen LogP contribution in [0.25, 0.3) is 5.69 Å². The molecule has 7 nitrogen and oxygen atoms in total. The van der Waals surface area contributed by atoms with Crippen molar-refractivity contribution in [2.75, 3.05) is 11.9 Å². The molecule has 0 bridgehead atoms. The number of anilines is 1. The van der Waals surface area contributed by atoms with Crippen molar-refractivity contribution in [1.29, 1.82) is 0 Å². The fourth-order valence-electron chi connectivity index (χ4n) is 4.21. The molecule has 4 N–H and O–H groups in total.